The molecule has 3 aromatic carbocycles. The number of anilines is 1. The van der Waals surface area contributed by atoms with Crippen molar-refractivity contribution in [3.8, 4) is 17.2 Å². The molecule has 0 radical (unpaired) electrons. The van der Waals surface area contributed by atoms with E-state index in [0.29, 0.717) is 27.8 Å². The Morgan fingerprint density at radius 3 is 2.24 bits per heavy atom. The Hall–Kier alpha value is -3.68. The first-order valence-corrected chi connectivity index (χ1v) is 10.8. The summed E-state index contributed by atoms with van der Waals surface area (Å²) >= 11 is 12.2. The molecule has 1 amide bonds. The molecule has 1 atom stereocenters. The van der Waals surface area contributed by atoms with E-state index in [2.05, 4.69) is 0 Å². The Kier molecular flexibility index (Phi) is 6.41. The zero-order valence-corrected chi connectivity index (χ0v) is 19.6. The minimum absolute atomic E-state index is 0.0333. The highest BCUT2D eigenvalue weighted by Crippen LogP contribution is 2.44. The number of carbonyl (C=O) groups excluding carboxylic acids is 2. The lowest BCUT2D eigenvalue weighted by molar-refractivity contribution is -0.132. The van der Waals surface area contributed by atoms with E-state index >= 15 is 0 Å². The Morgan fingerprint density at radius 1 is 0.912 bits per heavy atom. The van der Waals surface area contributed by atoms with Gasteiger partial charge in [0.2, 0.25) is 0 Å². The maximum atomic E-state index is 13.2. The van der Waals surface area contributed by atoms with Gasteiger partial charge in [0, 0.05) is 11.3 Å². The van der Waals surface area contributed by atoms with Gasteiger partial charge >= 0.3 is 0 Å². The van der Waals surface area contributed by atoms with Gasteiger partial charge in [-0.3, -0.25) is 14.5 Å². The van der Waals surface area contributed by atoms with Crippen LogP contribution in [0.1, 0.15) is 17.2 Å². The monoisotopic (exact) mass is 499 g/mol. The molecule has 2 N–H and O–H groups in total. The van der Waals surface area contributed by atoms with Crippen LogP contribution in [0.5, 0.6) is 17.2 Å². The van der Waals surface area contributed by atoms with Crippen LogP contribution in [0, 0.1) is 0 Å². The van der Waals surface area contributed by atoms with Crippen molar-refractivity contribution >= 4 is 46.3 Å². The summed E-state index contributed by atoms with van der Waals surface area (Å²) in [5, 5.41) is 21.4. The van der Waals surface area contributed by atoms with E-state index in [1.165, 1.54) is 55.5 Å². The van der Waals surface area contributed by atoms with Gasteiger partial charge in [0.05, 0.1) is 35.9 Å². The number of halogens is 2. The second-order valence-corrected chi connectivity index (χ2v) is 8.24. The molecule has 1 aliphatic heterocycles. The second-order valence-electron chi connectivity index (χ2n) is 7.43. The summed E-state index contributed by atoms with van der Waals surface area (Å²) in [5.74, 6) is -1.41. The molecule has 0 aromatic heterocycles. The number of Topliss-reactive ketones (excluding diaryl/α,β-unsaturated/α-hetero) is 1. The molecule has 9 heteroatoms. The number of nitrogens with zero attached hydrogens (tertiary/aromatic N) is 1. The summed E-state index contributed by atoms with van der Waals surface area (Å²) in [6.07, 6.45) is 0. The molecular weight excluding hydrogens is 481 g/mol. The molecule has 1 heterocycles. The van der Waals surface area contributed by atoms with Crippen molar-refractivity contribution < 1.29 is 29.3 Å². The number of methoxy groups -OCH3 is 2. The lowest BCUT2D eigenvalue weighted by Gasteiger charge is -2.26. The number of rotatable bonds is 5. The first kappa shape index (κ1) is 23.5. The van der Waals surface area contributed by atoms with E-state index < -0.39 is 23.5 Å². The first-order chi connectivity index (χ1) is 16.3. The lowest BCUT2D eigenvalue weighted by atomic mass is 9.95. The Morgan fingerprint density at radius 2 is 1.62 bits per heavy atom. The number of amides is 1. The predicted molar refractivity (Wildman–Crippen MR) is 129 cm³/mol. The van der Waals surface area contributed by atoms with Gasteiger partial charge < -0.3 is 19.7 Å². The number of aliphatic hydroxyl groups is 1. The SMILES string of the molecule is COc1ccc(N2C(=O)C(=O)/C(=C(\O)c3ccc(Cl)c(OC)c3)C2c2ccc(O)c(Cl)c2)cc1. The van der Waals surface area contributed by atoms with E-state index in [1.807, 2.05) is 0 Å². The highest BCUT2D eigenvalue weighted by molar-refractivity contribution is 6.51. The third-order valence-corrected chi connectivity index (χ3v) is 6.12. The van der Waals surface area contributed by atoms with E-state index in [4.69, 9.17) is 32.7 Å². The Labute approximate surface area is 205 Å². The van der Waals surface area contributed by atoms with Crippen LogP contribution in [0.2, 0.25) is 10.0 Å². The quantitative estimate of drug-likeness (QED) is 0.279. The van der Waals surface area contributed by atoms with E-state index in [1.54, 1.807) is 24.3 Å². The van der Waals surface area contributed by atoms with Crippen LogP contribution in [-0.2, 0) is 9.59 Å². The lowest BCUT2D eigenvalue weighted by Crippen LogP contribution is -2.29. The van der Waals surface area contributed by atoms with Gasteiger partial charge in [0.25, 0.3) is 11.7 Å². The number of aliphatic hydroxyl groups excluding tert-OH is 1. The molecule has 1 saturated heterocycles. The number of ether oxygens (including phenoxy) is 2. The summed E-state index contributed by atoms with van der Waals surface area (Å²) in [7, 11) is 2.94. The minimum atomic E-state index is -1.02. The maximum absolute atomic E-state index is 13.2. The predicted octanol–water partition coefficient (Wildman–Crippen LogP) is 5.34. The topological polar surface area (TPSA) is 96.3 Å². The summed E-state index contributed by atoms with van der Waals surface area (Å²) in [6, 6.07) is 14.4. The van der Waals surface area contributed by atoms with Crippen LogP contribution in [0.15, 0.2) is 66.2 Å². The normalized spacial score (nSPS) is 17.2. The fraction of sp³-hybridized carbons (Fsp3) is 0.120. The molecule has 1 fully saturated rings. The molecule has 34 heavy (non-hydrogen) atoms. The molecule has 7 nitrogen and oxygen atoms in total. The number of ketones is 1. The van der Waals surface area contributed by atoms with E-state index in [0.717, 1.165) is 0 Å². The van der Waals surface area contributed by atoms with Crippen LogP contribution in [-0.4, -0.2) is 36.1 Å². The molecule has 1 aliphatic rings. The summed E-state index contributed by atoms with van der Waals surface area (Å²) in [6.45, 7) is 0. The van der Waals surface area contributed by atoms with Gasteiger partial charge in [-0.05, 0) is 60.2 Å². The third kappa shape index (κ3) is 4.04. The van der Waals surface area contributed by atoms with Crippen molar-refractivity contribution in [1.82, 2.24) is 0 Å². The Balaban J connectivity index is 1.95. The molecule has 1 unspecified atom stereocenters. The zero-order valence-electron chi connectivity index (χ0n) is 18.1. The van der Waals surface area contributed by atoms with Crippen LogP contribution in [0.4, 0.5) is 5.69 Å². The zero-order chi connectivity index (χ0) is 24.6. The fourth-order valence-electron chi connectivity index (χ4n) is 3.81. The molecule has 3 aromatic rings. The minimum Gasteiger partial charge on any atom is -0.507 e. The van der Waals surface area contributed by atoms with Crippen LogP contribution >= 0.6 is 23.2 Å². The van der Waals surface area contributed by atoms with E-state index in [9.17, 15) is 19.8 Å². The van der Waals surface area contributed by atoms with Crippen molar-refractivity contribution in [3.05, 3.63) is 87.4 Å². The van der Waals surface area contributed by atoms with Crippen LogP contribution < -0.4 is 14.4 Å². The van der Waals surface area contributed by atoms with Crippen LogP contribution in [0.25, 0.3) is 5.76 Å². The molecule has 0 aliphatic carbocycles. The molecular formula is C25H19Cl2NO6. The van der Waals surface area contributed by atoms with Gasteiger partial charge in [-0.25, -0.2) is 0 Å². The van der Waals surface area contributed by atoms with Gasteiger partial charge in [-0.2, -0.15) is 0 Å². The standard InChI is InChI=1S/C25H19Cl2NO6/c1-33-16-7-5-15(6-8-16)28-22(13-4-10-19(29)18(27)11-13)21(24(31)25(28)32)23(30)14-3-9-17(26)20(12-14)34-2/h3-12,22,29-30H,1-2H3/b23-21-. The van der Waals surface area contributed by atoms with Gasteiger partial charge in [0.15, 0.2) is 0 Å². The third-order valence-electron chi connectivity index (χ3n) is 5.51. The van der Waals surface area contributed by atoms with Crippen molar-refractivity contribution in [1.29, 1.82) is 0 Å². The number of benzene rings is 3. The summed E-state index contributed by atoms with van der Waals surface area (Å²) < 4.78 is 10.4. The molecule has 0 saturated carbocycles. The average molecular weight is 500 g/mol. The highest BCUT2D eigenvalue weighted by atomic mass is 35.5. The average Bonchev–Trinajstić information content (AvgIpc) is 3.11. The van der Waals surface area contributed by atoms with Crippen molar-refractivity contribution in [2.75, 3.05) is 19.1 Å². The number of aromatic hydroxyl groups is 1. The fourth-order valence-corrected chi connectivity index (χ4v) is 4.20. The van der Waals surface area contributed by atoms with Gasteiger partial charge in [0.1, 0.15) is 23.0 Å². The maximum Gasteiger partial charge on any atom is 0.300 e. The molecule has 0 spiro atoms. The van der Waals surface area contributed by atoms with Crippen molar-refractivity contribution in [2.45, 2.75) is 6.04 Å². The van der Waals surface area contributed by atoms with Crippen LogP contribution in [0.3, 0.4) is 0 Å². The van der Waals surface area contributed by atoms with Crippen molar-refractivity contribution in [2.24, 2.45) is 0 Å². The molecule has 4 rings (SSSR count). The van der Waals surface area contributed by atoms with Gasteiger partial charge in [-0.15, -0.1) is 0 Å². The number of phenols is 1. The smallest absolute Gasteiger partial charge is 0.300 e. The molecule has 0 bridgehead atoms. The molecule has 174 valence electrons. The number of hydrogen-bond acceptors (Lipinski definition) is 6. The highest BCUT2D eigenvalue weighted by Gasteiger charge is 2.47. The summed E-state index contributed by atoms with van der Waals surface area (Å²) in [5.41, 5.74) is 0.918. The summed E-state index contributed by atoms with van der Waals surface area (Å²) in [4.78, 5) is 27.7. The van der Waals surface area contributed by atoms with E-state index in [-0.39, 0.29) is 21.9 Å². The van der Waals surface area contributed by atoms with Gasteiger partial charge in [-0.1, -0.05) is 29.3 Å². The first-order valence-electron chi connectivity index (χ1n) is 10.0. The van der Waals surface area contributed by atoms with Crippen molar-refractivity contribution in [3.63, 3.8) is 0 Å². The second kappa shape index (κ2) is 9.29. The largest absolute Gasteiger partial charge is 0.507 e. The number of hydrogen-bond donors (Lipinski definition) is 2. The number of phenolic OH excluding ortho intramolecular Hbond substituents is 1. The Bertz CT molecular complexity index is 1320. The number of carbonyl (C=O) groups is 2.